The lowest BCUT2D eigenvalue weighted by atomic mass is 9.79. The summed E-state index contributed by atoms with van der Waals surface area (Å²) in [6, 6.07) is 9.85. The average molecular weight is 219 g/mol. The molecule has 0 saturated heterocycles. The van der Waals surface area contributed by atoms with E-state index >= 15 is 0 Å². The van der Waals surface area contributed by atoms with Crippen LogP contribution in [0.4, 0.5) is 0 Å². The molecule has 1 fully saturated rings. The van der Waals surface area contributed by atoms with Crippen molar-refractivity contribution in [3.05, 3.63) is 35.9 Å². The van der Waals surface area contributed by atoms with Crippen LogP contribution in [0.2, 0.25) is 0 Å². The van der Waals surface area contributed by atoms with Crippen molar-refractivity contribution in [3.8, 4) is 0 Å². The summed E-state index contributed by atoms with van der Waals surface area (Å²) in [4.78, 5) is 11.6. The molecule has 0 aliphatic heterocycles. The fourth-order valence-electron chi connectivity index (χ4n) is 2.56. The molecule has 16 heavy (non-hydrogen) atoms. The van der Waals surface area contributed by atoms with E-state index in [-0.39, 0.29) is 12.0 Å². The Morgan fingerprint density at radius 2 is 2.12 bits per heavy atom. The van der Waals surface area contributed by atoms with E-state index in [0.29, 0.717) is 25.7 Å². The van der Waals surface area contributed by atoms with Gasteiger partial charge in [-0.2, -0.15) is 0 Å². The maximum Gasteiger partial charge on any atom is 0.224 e. The smallest absolute Gasteiger partial charge is 0.224 e. The first-order valence-electron chi connectivity index (χ1n) is 5.64. The van der Waals surface area contributed by atoms with Gasteiger partial charge < -0.3 is 10.8 Å². The van der Waals surface area contributed by atoms with Crippen LogP contribution in [0.25, 0.3) is 0 Å². The first kappa shape index (κ1) is 11.1. The fourth-order valence-corrected chi connectivity index (χ4v) is 2.56. The third-order valence-electron chi connectivity index (χ3n) is 3.49. The van der Waals surface area contributed by atoms with E-state index in [4.69, 9.17) is 5.73 Å². The molecule has 3 heteroatoms. The van der Waals surface area contributed by atoms with E-state index in [1.165, 1.54) is 0 Å². The Morgan fingerprint density at radius 3 is 2.62 bits per heavy atom. The van der Waals surface area contributed by atoms with Crippen LogP contribution in [0.1, 0.15) is 24.8 Å². The lowest BCUT2D eigenvalue weighted by molar-refractivity contribution is -0.127. The van der Waals surface area contributed by atoms with Crippen molar-refractivity contribution >= 4 is 5.91 Å². The maximum absolute atomic E-state index is 11.6. The van der Waals surface area contributed by atoms with Crippen molar-refractivity contribution in [2.45, 2.75) is 31.8 Å². The Hall–Kier alpha value is -1.35. The van der Waals surface area contributed by atoms with Gasteiger partial charge in [0.25, 0.3) is 0 Å². The minimum absolute atomic E-state index is 0.284. The first-order chi connectivity index (χ1) is 7.62. The molecule has 1 aromatic rings. The predicted octanol–water partition coefficient (Wildman–Crippen LogP) is 1.25. The van der Waals surface area contributed by atoms with Crippen LogP contribution < -0.4 is 5.73 Å². The molecule has 2 rings (SSSR count). The van der Waals surface area contributed by atoms with Crippen molar-refractivity contribution in [3.63, 3.8) is 0 Å². The normalized spacial score (nSPS) is 29.2. The molecular weight excluding hydrogens is 202 g/mol. The number of nitrogens with two attached hydrogens (primary N) is 1. The zero-order valence-electron chi connectivity index (χ0n) is 9.23. The van der Waals surface area contributed by atoms with Crippen molar-refractivity contribution in [2.24, 2.45) is 11.1 Å². The Morgan fingerprint density at radius 1 is 1.44 bits per heavy atom. The number of carbonyl (C=O) groups excluding carboxylic acids is 1. The Labute approximate surface area is 95.3 Å². The molecule has 1 aliphatic rings. The highest BCUT2D eigenvalue weighted by molar-refractivity contribution is 5.81. The van der Waals surface area contributed by atoms with E-state index < -0.39 is 5.41 Å². The predicted molar refractivity (Wildman–Crippen MR) is 61.6 cm³/mol. The van der Waals surface area contributed by atoms with Gasteiger partial charge in [0.15, 0.2) is 0 Å². The number of primary amides is 1. The average Bonchev–Trinajstić information content (AvgIpc) is 2.63. The van der Waals surface area contributed by atoms with Gasteiger partial charge in [0.2, 0.25) is 5.91 Å². The summed E-state index contributed by atoms with van der Waals surface area (Å²) >= 11 is 0. The quantitative estimate of drug-likeness (QED) is 0.803. The largest absolute Gasteiger partial charge is 0.393 e. The van der Waals surface area contributed by atoms with Crippen LogP contribution in [-0.2, 0) is 11.2 Å². The fraction of sp³-hybridized carbons (Fsp3) is 0.462. The van der Waals surface area contributed by atoms with E-state index in [0.717, 1.165) is 5.56 Å². The van der Waals surface area contributed by atoms with E-state index in [1.807, 2.05) is 30.3 Å². The third-order valence-corrected chi connectivity index (χ3v) is 3.49. The van der Waals surface area contributed by atoms with Crippen LogP contribution in [0.5, 0.6) is 0 Å². The van der Waals surface area contributed by atoms with Gasteiger partial charge in [-0.1, -0.05) is 30.3 Å². The van der Waals surface area contributed by atoms with Gasteiger partial charge in [-0.3, -0.25) is 4.79 Å². The van der Waals surface area contributed by atoms with Crippen molar-refractivity contribution in [1.82, 2.24) is 0 Å². The van der Waals surface area contributed by atoms with Crippen LogP contribution in [0, 0.1) is 5.41 Å². The summed E-state index contributed by atoms with van der Waals surface area (Å²) < 4.78 is 0. The zero-order valence-corrected chi connectivity index (χ0v) is 9.23. The van der Waals surface area contributed by atoms with Crippen LogP contribution in [-0.4, -0.2) is 17.1 Å². The van der Waals surface area contributed by atoms with Gasteiger partial charge in [0.05, 0.1) is 11.5 Å². The maximum atomic E-state index is 11.6. The lowest BCUT2D eigenvalue weighted by Gasteiger charge is -2.25. The molecule has 3 N–H and O–H groups in total. The van der Waals surface area contributed by atoms with Crippen LogP contribution >= 0.6 is 0 Å². The van der Waals surface area contributed by atoms with Crippen LogP contribution in [0.3, 0.4) is 0 Å². The molecule has 1 aliphatic carbocycles. The van der Waals surface area contributed by atoms with Gasteiger partial charge in [0.1, 0.15) is 0 Å². The zero-order chi connectivity index (χ0) is 11.6. The van der Waals surface area contributed by atoms with Gasteiger partial charge in [-0.15, -0.1) is 0 Å². The SMILES string of the molecule is NC(=O)[C@@]1(Cc2ccccc2)CC[C@@H](O)C1. The van der Waals surface area contributed by atoms with Crippen LogP contribution in [0.15, 0.2) is 30.3 Å². The first-order valence-corrected chi connectivity index (χ1v) is 5.64. The molecule has 0 bridgehead atoms. The van der Waals surface area contributed by atoms with Gasteiger partial charge in [-0.05, 0) is 31.2 Å². The number of amides is 1. The molecule has 0 unspecified atom stereocenters. The molecule has 1 saturated carbocycles. The van der Waals surface area contributed by atoms with Gasteiger partial charge in [0, 0.05) is 0 Å². The summed E-state index contributed by atoms with van der Waals surface area (Å²) in [7, 11) is 0. The number of aliphatic hydroxyl groups excluding tert-OH is 1. The molecule has 0 aromatic heterocycles. The summed E-state index contributed by atoms with van der Waals surface area (Å²) in [6.07, 6.45) is 2.13. The molecule has 0 heterocycles. The van der Waals surface area contributed by atoms with E-state index in [1.54, 1.807) is 0 Å². The molecule has 1 aromatic carbocycles. The molecule has 0 spiro atoms. The summed E-state index contributed by atoms with van der Waals surface area (Å²) in [6.45, 7) is 0. The molecular formula is C13H17NO2. The summed E-state index contributed by atoms with van der Waals surface area (Å²) in [5, 5.41) is 9.58. The number of aliphatic hydroxyl groups is 1. The molecule has 86 valence electrons. The van der Waals surface area contributed by atoms with Crippen molar-refractivity contribution in [1.29, 1.82) is 0 Å². The highest BCUT2D eigenvalue weighted by Gasteiger charge is 2.43. The number of hydrogen-bond donors (Lipinski definition) is 2. The summed E-state index contributed by atoms with van der Waals surface area (Å²) in [5.74, 6) is -0.284. The number of benzene rings is 1. The molecule has 1 amide bonds. The topological polar surface area (TPSA) is 63.3 Å². The number of rotatable bonds is 3. The summed E-state index contributed by atoms with van der Waals surface area (Å²) in [5.41, 5.74) is 6.06. The van der Waals surface area contributed by atoms with Crippen molar-refractivity contribution < 1.29 is 9.90 Å². The lowest BCUT2D eigenvalue weighted by Crippen LogP contribution is -2.37. The second-order valence-electron chi connectivity index (χ2n) is 4.70. The van der Waals surface area contributed by atoms with E-state index in [9.17, 15) is 9.90 Å². The Balaban J connectivity index is 2.19. The molecule has 2 atom stereocenters. The molecule has 3 nitrogen and oxygen atoms in total. The molecule has 0 radical (unpaired) electrons. The van der Waals surface area contributed by atoms with Gasteiger partial charge in [-0.25, -0.2) is 0 Å². The van der Waals surface area contributed by atoms with E-state index in [2.05, 4.69) is 0 Å². The number of carbonyl (C=O) groups is 1. The highest BCUT2D eigenvalue weighted by Crippen LogP contribution is 2.40. The Bertz CT molecular complexity index is 377. The third kappa shape index (κ3) is 2.09. The Kier molecular flexibility index (Phi) is 2.97. The standard InChI is InChI=1S/C13H17NO2/c14-12(16)13(7-6-11(15)9-13)8-10-4-2-1-3-5-10/h1-5,11,15H,6-9H2,(H2,14,16)/t11-,13-/m1/s1. The van der Waals surface area contributed by atoms with Gasteiger partial charge >= 0.3 is 0 Å². The minimum atomic E-state index is -0.541. The second-order valence-corrected chi connectivity index (χ2v) is 4.70. The van der Waals surface area contributed by atoms with Crippen molar-refractivity contribution in [2.75, 3.05) is 0 Å². The highest BCUT2D eigenvalue weighted by atomic mass is 16.3. The monoisotopic (exact) mass is 219 g/mol. The number of hydrogen-bond acceptors (Lipinski definition) is 2. The second kappa shape index (κ2) is 4.26. The minimum Gasteiger partial charge on any atom is -0.393 e.